The van der Waals surface area contributed by atoms with Crippen molar-refractivity contribution in [3.05, 3.63) is 59.7 Å². The zero-order valence-corrected chi connectivity index (χ0v) is 13.9. The maximum absolute atomic E-state index is 12.8. The van der Waals surface area contributed by atoms with E-state index < -0.39 is 0 Å². The summed E-state index contributed by atoms with van der Waals surface area (Å²) < 4.78 is 3.29. The molecule has 0 spiro atoms. The molecule has 0 saturated heterocycles. The molecule has 0 aromatic carbocycles. The summed E-state index contributed by atoms with van der Waals surface area (Å²) in [4.78, 5) is 26.2. The Morgan fingerprint density at radius 2 is 2.08 bits per heavy atom. The van der Waals surface area contributed by atoms with E-state index in [1.165, 1.54) is 0 Å². The number of rotatable bonds is 3. The highest BCUT2D eigenvalue weighted by Crippen LogP contribution is 2.28. The zero-order chi connectivity index (χ0) is 17.4. The van der Waals surface area contributed by atoms with Crippen molar-refractivity contribution in [2.45, 2.75) is 13.5 Å². The number of nitrogens with zero attached hydrogens (tertiary/aromatic N) is 6. The Labute approximate surface area is 143 Å². The van der Waals surface area contributed by atoms with Gasteiger partial charge in [-0.2, -0.15) is 5.10 Å². The van der Waals surface area contributed by atoms with E-state index in [1.807, 2.05) is 32.3 Å². The van der Waals surface area contributed by atoms with Crippen LogP contribution < -0.4 is 5.56 Å². The first kappa shape index (κ1) is 15.2. The third-order valence-corrected chi connectivity index (χ3v) is 4.09. The van der Waals surface area contributed by atoms with Crippen molar-refractivity contribution >= 4 is 10.9 Å². The average Bonchev–Trinajstić information content (AvgIpc) is 3.08. The predicted molar refractivity (Wildman–Crippen MR) is 94.9 cm³/mol. The summed E-state index contributed by atoms with van der Waals surface area (Å²) in [7, 11) is 1.84. The number of hydrogen-bond acceptors (Lipinski definition) is 5. The van der Waals surface area contributed by atoms with Crippen LogP contribution in [0.1, 0.15) is 6.92 Å². The van der Waals surface area contributed by atoms with Crippen LogP contribution in [0.15, 0.2) is 54.1 Å². The molecule has 0 radical (unpaired) electrons. The molecule has 4 heterocycles. The Balaban J connectivity index is 2.08. The lowest BCUT2D eigenvalue weighted by molar-refractivity contribution is 0.717. The highest BCUT2D eigenvalue weighted by Gasteiger charge is 2.15. The summed E-state index contributed by atoms with van der Waals surface area (Å²) in [6.45, 7) is 2.48. The minimum Gasteiger partial charge on any atom is -0.299 e. The first-order chi connectivity index (χ1) is 12.2. The van der Waals surface area contributed by atoms with Crippen molar-refractivity contribution in [1.29, 1.82) is 0 Å². The Morgan fingerprint density at radius 1 is 1.20 bits per heavy atom. The lowest BCUT2D eigenvalue weighted by atomic mass is 10.1. The Bertz CT molecular complexity index is 1110. The summed E-state index contributed by atoms with van der Waals surface area (Å²) in [6.07, 6.45) is 8.59. The minimum atomic E-state index is -0.0785. The lowest BCUT2D eigenvalue weighted by Crippen LogP contribution is -2.20. The fourth-order valence-corrected chi connectivity index (χ4v) is 2.80. The molecule has 0 unspecified atom stereocenters. The van der Waals surface area contributed by atoms with Crippen LogP contribution in [-0.4, -0.2) is 29.3 Å². The van der Waals surface area contributed by atoms with Gasteiger partial charge in [0.1, 0.15) is 11.2 Å². The van der Waals surface area contributed by atoms with Crippen molar-refractivity contribution < 1.29 is 0 Å². The summed E-state index contributed by atoms with van der Waals surface area (Å²) in [5, 5.41) is 4.75. The molecule has 25 heavy (non-hydrogen) atoms. The first-order valence-electron chi connectivity index (χ1n) is 7.97. The van der Waals surface area contributed by atoms with E-state index >= 15 is 0 Å². The van der Waals surface area contributed by atoms with Gasteiger partial charge in [0.15, 0.2) is 0 Å². The van der Waals surface area contributed by atoms with E-state index in [1.54, 1.807) is 40.2 Å². The van der Waals surface area contributed by atoms with Crippen LogP contribution in [0.5, 0.6) is 0 Å². The van der Waals surface area contributed by atoms with Crippen LogP contribution in [0, 0.1) is 0 Å². The molecule has 0 bridgehead atoms. The van der Waals surface area contributed by atoms with E-state index in [4.69, 9.17) is 4.98 Å². The normalized spacial score (nSPS) is 11.1. The topological polar surface area (TPSA) is 78.5 Å². The maximum Gasteiger partial charge on any atom is 0.261 e. The van der Waals surface area contributed by atoms with Gasteiger partial charge < -0.3 is 0 Å². The van der Waals surface area contributed by atoms with E-state index in [-0.39, 0.29) is 5.56 Å². The van der Waals surface area contributed by atoms with Crippen LogP contribution in [0.2, 0.25) is 0 Å². The lowest BCUT2D eigenvalue weighted by Gasteiger charge is -2.09. The summed E-state index contributed by atoms with van der Waals surface area (Å²) >= 11 is 0. The third-order valence-electron chi connectivity index (χ3n) is 4.09. The highest BCUT2D eigenvalue weighted by atomic mass is 16.1. The number of fused-ring (bicyclic) bond motifs is 1. The van der Waals surface area contributed by atoms with Gasteiger partial charge in [-0.3, -0.25) is 19.0 Å². The second kappa shape index (κ2) is 5.94. The van der Waals surface area contributed by atoms with E-state index in [2.05, 4.69) is 15.1 Å². The van der Waals surface area contributed by atoms with Gasteiger partial charge in [-0.15, -0.1) is 0 Å². The SMILES string of the molecule is CCn1cnc2c(-c3cnn(C)c3)nc(-c3cccnc3)cc2c1=O. The fraction of sp³-hybridized carbons (Fsp3) is 0.167. The molecule has 0 fully saturated rings. The van der Waals surface area contributed by atoms with Gasteiger partial charge in [0.25, 0.3) is 5.56 Å². The standard InChI is InChI=1S/C18H16N6O/c1-3-24-11-20-17-14(18(24)25)7-15(12-5-4-6-19-8-12)22-16(17)13-9-21-23(2)10-13/h4-11H,3H2,1-2H3. The molecule has 0 N–H and O–H groups in total. The molecule has 4 aromatic heterocycles. The Hall–Kier alpha value is -3.35. The smallest absolute Gasteiger partial charge is 0.261 e. The van der Waals surface area contributed by atoms with Crippen LogP contribution >= 0.6 is 0 Å². The summed E-state index contributed by atoms with van der Waals surface area (Å²) in [6, 6.07) is 5.55. The quantitative estimate of drug-likeness (QED) is 0.575. The van der Waals surface area contributed by atoms with Crippen LogP contribution in [0.4, 0.5) is 0 Å². The van der Waals surface area contributed by atoms with E-state index in [0.717, 1.165) is 11.1 Å². The van der Waals surface area contributed by atoms with Gasteiger partial charge in [0.05, 0.1) is 23.6 Å². The molecule has 0 aliphatic carbocycles. The molecule has 0 saturated carbocycles. The predicted octanol–water partition coefficient (Wildman–Crippen LogP) is 2.27. The maximum atomic E-state index is 12.8. The summed E-state index contributed by atoms with van der Waals surface area (Å²) in [5.74, 6) is 0. The van der Waals surface area contributed by atoms with Gasteiger partial charge >= 0.3 is 0 Å². The first-order valence-corrected chi connectivity index (χ1v) is 7.97. The van der Waals surface area contributed by atoms with Crippen LogP contribution in [-0.2, 0) is 13.6 Å². The van der Waals surface area contributed by atoms with Gasteiger partial charge in [-0.25, -0.2) is 9.97 Å². The molecular formula is C18H16N6O. The molecule has 4 rings (SSSR count). The number of aromatic nitrogens is 6. The van der Waals surface area contributed by atoms with Crippen molar-refractivity contribution in [3.8, 4) is 22.5 Å². The van der Waals surface area contributed by atoms with Gasteiger partial charge in [0.2, 0.25) is 0 Å². The second-order valence-electron chi connectivity index (χ2n) is 5.73. The van der Waals surface area contributed by atoms with E-state index in [9.17, 15) is 4.79 Å². The number of aryl methyl sites for hydroxylation is 2. The second-order valence-corrected chi connectivity index (χ2v) is 5.73. The number of pyridine rings is 2. The van der Waals surface area contributed by atoms with Crippen LogP contribution in [0.25, 0.3) is 33.4 Å². The zero-order valence-electron chi connectivity index (χ0n) is 13.9. The Kier molecular flexibility index (Phi) is 3.61. The van der Waals surface area contributed by atoms with Crippen molar-refractivity contribution in [3.63, 3.8) is 0 Å². The molecule has 0 aliphatic rings. The molecule has 0 amide bonds. The molecule has 7 heteroatoms. The summed E-state index contributed by atoms with van der Waals surface area (Å²) in [5.41, 5.74) is 3.50. The third kappa shape index (κ3) is 2.59. The molecule has 7 nitrogen and oxygen atoms in total. The molecule has 124 valence electrons. The molecular weight excluding hydrogens is 316 g/mol. The average molecular weight is 332 g/mol. The van der Waals surface area contributed by atoms with Gasteiger partial charge in [-0.05, 0) is 25.1 Å². The van der Waals surface area contributed by atoms with Gasteiger partial charge in [-0.1, -0.05) is 0 Å². The highest BCUT2D eigenvalue weighted by molar-refractivity contribution is 5.93. The fourth-order valence-electron chi connectivity index (χ4n) is 2.80. The molecule has 0 aliphatic heterocycles. The van der Waals surface area contributed by atoms with Crippen molar-refractivity contribution in [2.75, 3.05) is 0 Å². The Morgan fingerprint density at radius 3 is 2.76 bits per heavy atom. The number of hydrogen-bond donors (Lipinski definition) is 0. The minimum absolute atomic E-state index is 0.0785. The molecule has 4 aromatic rings. The molecule has 0 atom stereocenters. The monoisotopic (exact) mass is 332 g/mol. The largest absolute Gasteiger partial charge is 0.299 e. The van der Waals surface area contributed by atoms with Crippen molar-refractivity contribution in [2.24, 2.45) is 7.05 Å². The van der Waals surface area contributed by atoms with Crippen LogP contribution in [0.3, 0.4) is 0 Å². The van der Waals surface area contributed by atoms with Crippen molar-refractivity contribution in [1.82, 2.24) is 29.3 Å². The van der Waals surface area contributed by atoms with E-state index in [0.29, 0.717) is 28.8 Å². The van der Waals surface area contributed by atoms with Gasteiger partial charge in [0, 0.05) is 43.3 Å².